The average molecular weight is 258 g/mol. The van der Waals surface area contributed by atoms with Gasteiger partial charge in [-0.3, -0.25) is 4.79 Å². The third-order valence-electron chi connectivity index (χ3n) is 3.88. The zero-order valence-electron chi connectivity index (χ0n) is 11.5. The molecule has 1 fully saturated rings. The van der Waals surface area contributed by atoms with Crippen molar-refractivity contribution in [2.45, 2.75) is 38.0 Å². The van der Waals surface area contributed by atoms with Crippen LogP contribution in [0.2, 0.25) is 0 Å². The summed E-state index contributed by atoms with van der Waals surface area (Å²) in [6, 6.07) is 5.93. The van der Waals surface area contributed by atoms with E-state index in [2.05, 4.69) is 9.97 Å². The molecule has 0 spiro atoms. The molecule has 1 aliphatic carbocycles. The number of ether oxygens (including phenoxy) is 1. The van der Waals surface area contributed by atoms with E-state index in [1.165, 1.54) is 20.0 Å². The standard InChI is InChI=1S/C15H18N2O2/c1-15(2,14(18)19-3)10-6-7-11-12(8-10)17-13(16-11)9-4-5-9/h6-9H,4-5H2,1-3H3,(H,16,17). The summed E-state index contributed by atoms with van der Waals surface area (Å²) in [7, 11) is 1.42. The smallest absolute Gasteiger partial charge is 0.315 e. The molecule has 1 aromatic carbocycles. The molecule has 1 aromatic heterocycles. The number of imidazole rings is 1. The Morgan fingerprint density at radius 2 is 2.16 bits per heavy atom. The Labute approximate surface area is 112 Å². The first-order valence-electron chi connectivity index (χ1n) is 6.61. The first kappa shape index (κ1) is 12.2. The number of rotatable bonds is 3. The predicted molar refractivity (Wildman–Crippen MR) is 73.1 cm³/mol. The molecule has 3 rings (SSSR count). The lowest BCUT2D eigenvalue weighted by atomic mass is 9.84. The van der Waals surface area contributed by atoms with Gasteiger partial charge in [0.1, 0.15) is 5.82 Å². The van der Waals surface area contributed by atoms with Crippen molar-refractivity contribution >= 4 is 17.0 Å². The zero-order valence-corrected chi connectivity index (χ0v) is 11.5. The normalized spacial score (nSPS) is 15.7. The second kappa shape index (κ2) is 4.08. The van der Waals surface area contributed by atoms with Crippen molar-refractivity contribution < 1.29 is 9.53 Å². The number of aromatic amines is 1. The number of hydrogen-bond donors (Lipinski definition) is 1. The third-order valence-corrected chi connectivity index (χ3v) is 3.88. The van der Waals surface area contributed by atoms with E-state index in [0.717, 1.165) is 22.4 Å². The number of nitrogens with one attached hydrogen (secondary N) is 1. The Kier molecular flexibility index (Phi) is 2.62. The molecule has 1 saturated carbocycles. The number of benzene rings is 1. The number of H-pyrrole nitrogens is 1. The minimum atomic E-state index is -0.645. The molecule has 2 aromatic rings. The van der Waals surface area contributed by atoms with Gasteiger partial charge in [-0.15, -0.1) is 0 Å². The summed E-state index contributed by atoms with van der Waals surface area (Å²) in [4.78, 5) is 19.8. The fourth-order valence-electron chi connectivity index (χ4n) is 2.34. The van der Waals surface area contributed by atoms with E-state index in [4.69, 9.17) is 4.74 Å². The van der Waals surface area contributed by atoms with Crippen LogP contribution in [0.5, 0.6) is 0 Å². The van der Waals surface area contributed by atoms with Gasteiger partial charge >= 0.3 is 5.97 Å². The van der Waals surface area contributed by atoms with Crippen LogP contribution in [0.1, 0.15) is 44.0 Å². The number of nitrogens with zero attached hydrogens (tertiary/aromatic N) is 1. The summed E-state index contributed by atoms with van der Waals surface area (Å²) in [5.74, 6) is 1.45. The van der Waals surface area contributed by atoms with Crippen molar-refractivity contribution in [3.63, 3.8) is 0 Å². The van der Waals surface area contributed by atoms with Crippen molar-refractivity contribution in [1.29, 1.82) is 0 Å². The van der Waals surface area contributed by atoms with E-state index in [9.17, 15) is 4.79 Å². The largest absolute Gasteiger partial charge is 0.468 e. The van der Waals surface area contributed by atoms with Gasteiger partial charge in [-0.2, -0.15) is 0 Å². The second-order valence-electron chi connectivity index (χ2n) is 5.74. The maximum absolute atomic E-state index is 11.8. The predicted octanol–water partition coefficient (Wildman–Crippen LogP) is 2.89. The lowest BCUT2D eigenvalue weighted by Crippen LogP contribution is -2.30. The van der Waals surface area contributed by atoms with Gasteiger partial charge in [0, 0.05) is 5.92 Å². The fraction of sp³-hybridized carbons (Fsp3) is 0.467. The Morgan fingerprint density at radius 1 is 1.42 bits per heavy atom. The summed E-state index contributed by atoms with van der Waals surface area (Å²) in [5.41, 5.74) is 2.26. The van der Waals surface area contributed by atoms with Gasteiger partial charge in [-0.1, -0.05) is 6.07 Å². The Hall–Kier alpha value is -1.84. The molecule has 0 unspecified atom stereocenters. The molecule has 0 saturated heterocycles. The van der Waals surface area contributed by atoms with Gasteiger partial charge in [0.25, 0.3) is 0 Å². The van der Waals surface area contributed by atoms with Crippen molar-refractivity contribution in [3.8, 4) is 0 Å². The van der Waals surface area contributed by atoms with Gasteiger partial charge in [0.15, 0.2) is 0 Å². The maximum atomic E-state index is 11.8. The highest BCUT2D eigenvalue weighted by atomic mass is 16.5. The molecule has 1 N–H and O–H groups in total. The van der Waals surface area contributed by atoms with Crippen LogP contribution in [0, 0.1) is 0 Å². The van der Waals surface area contributed by atoms with Gasteiger partial charge in [-0.05, 0) is 44.4 Å². The number of carbonyl (C=O) groups excluding carboxylic acids is 1. The van der Waals surface area contributed by atoms with Crippen molar-refractivity contribution in [2.24, 2.45) is 0 Å². The summed E-state index contributed by atoms with van der Waals surface area (Å²) < 4.78 is 4.87. The molecular formula is C15H18N2O2. The van der Waals surface area contributed by atoms with E-state index in [-0.39, 0.29) is 5.97 Å². The molecular weight excluding hydrogens is 240 g/mol. The van der Waals surface area contributed by atoms with Crippen molar-refractivity contribution in [2.75, 3.05) is 7.11 Å². The van der Waals surface area contributed by atoms with Gasteiger partial charge in [0.05, 0.1) is 23.6 Å². The van der Waals surface area contributed by atoms with E-state index >= 15 is 0 Å². The van der Waals surface area contributed by atoms with Crippen LogP contribution >= 0.6 is 0 Å². The van der Waals surface area contributed by atoms with E-state index in [1.807, 2.05) is 32.0 Å². The van der Waals surface area contributed by atoms with Crippen LogP contribution in [-0.4, -0.2) is 23.0 Å². The lowest BCUT2D eigenvalue weighted by molar-refractivity contribution is -0.146. The number of aromatic nitrogens is 2. The Morgan fingerprint density at radius 3 is 2.79 bits per heavy atom. The lowest BCUT2D eigenvalue weighted by Gasteiger charge is -2.21. The molecule has 1 heterocycles. The summed E-state index contributed by atoms with van der Waals surface area (Å²) in [5, 5.41) is 0. The molecule has 0 radical (unpaired) electrons. The molecule has 0 aliphatic heterocycles. The number of esters is 1. The quantitative estimate of drug-likeness (QED) is 0.861. The van der Waals surface area contributed by atoms with Crippen LogP contribution in [0.15, 0.2) is 18.2 Å². The summed E-state index contributed by atoms with van der Waals surface area (Å²) in [6.45, 7) is 3.75. The van der Waals surface area contributed by atoms with Crippen LogP contribution in [0.4, 0.5) is 0 Å². The number of carbonyl (C=O) groups is 1. The highest BCUT2D eigenvalue weighted by Gasteiger charge is 2.32. The number of hydrogen-bond acceptors (Lipinski definition) is 3. The van der Waals surface area contributed by atoms with E-state index in [0.29, 0.717) is 5.92 Å². The van der Waals surface area contributed by atoms with Crippen molar-refractivity contribution in [1.82, 2.24) is 9.97 Å². The molecule has 100 valence electrons. The molecule has 4 heteroatoms. The van der Waals surface area contributed by atoms with Crippen LogP contribution in [-0.2, 0) is 14.9 Å². The first-order valence-corrected chi connectivity index (χ1v) is 6.61. The molecule has 0 amide bonds. The number of fused-ring (bicyclic) bond motifs is 1. The average Bonchev–Trinajstić information content (AvgIpc) is 3.16. The highest BCUT2D eigenvalue weighted by molar-refractivity contribution is 5.85. The molecule has 19 heavy (non-hydrogen) atoms. The highest BCUT2D eigenvalue weighted by Crippen LogP contribution is 2.39. The van der Waals surface area contributed by atoms with Gasteiger partial charge in [-0.25, -0.2) is 4.98 Å². The summed E-state index contributed by atoms with van der Waals surface area (Å²) in [6.07, 6.45) is 2.45. The van der Waals surface area contributed by atoms with Crippen LogP contribution < -0.4 is 0 Å². The van der Waals surface area contributed by atoms with E-state index < -0.39 is 5.41 Å². The zero-order chi connectivity index (χ0) is 13.6. The van der Waals surface area contributed by atoms with Gasteiger partial charge in [0.2, 0.25) is 0 Å². The van der Waals surface area contributed by atoms with Gasteiger partial charge < -0.3 is 9.72 Å². The molecule has 0 atom stereocenters. The van der Waals surface area contributed by atoms with Crippen LogP contribution in [0.25, 0.3) is 11.0 Å². The Bertz CT molecular complexity index is 639. The van der Waals surface area contributed by atoms with Crippen molar-refractivity contribution in [3.05, 3.63) is 29.6 Å². The molecule has 0 bridgehead atoms. The molecule has 1 aliphatic rings. The third kappa shape index (κ3) is 2.01. The monoisotopic (exact) mass is 258 g/mol. The second-order valence-corrected chi connectivity index (χ2v) is 5.74. The van der Waals surface area contributed by atoms with Crippen LogP contribution in [0.3, 0.4) is 0 Å². The maximum Gasteiger partial charge on any atom is 0.315 e. The Balaban J connectivity index is 2.03. The van der Waals surface area contributed by atoms with E-state index in [1.54, 1.807) is 0 Å². The first-order chi connectivity index (χ1) is 9.02. The summed E-state index contributed by atoms with van der Waals surface area (Å²) >= 11 is 0. The fourth-order valence-corrected chi connectivity index (χ4v) is 2.34. The SMILES string of the molecule is COC(=O)C(C)(C)c1ccc2nc(C3CC3)[nH]c2c1. The minimum Gasteiger partial charge on any atom is -0.468 e. The molecule has 4 nitrogen and oxygen atoms in total. The number of methoxy groups -OCH3 is 1. The topological polar surface area (TPSA) is 55.0 Å². The minimum absolute atomic E-state index is 0.228.